The first-order valence-electron chi connectivity index (χ1n) is 4.63. The Hall–Kier alpha value is -1.37. The second-order valence-corrected chi connectivity index (χ2v) is 4.89. The van der Waals surface area contributed by atoms with Crippen LogP contribution in [-0.2, 0) is 4.74 Å². The number of nitrogens with one attached hydrogen (secondary N) is 2. The number of hydrogen-bond donors (Lipinski definition) is 2. The summed E-state index contributed by atoms with van der Waals surface area (Å²) in [7, 11) is 1.56. The number of urea groups is 1. The van der Waals surface area contributed by atoms with E-state index in [1.165, 1.54) is 23.1 Å². The topological polar surface area (TPSA) is 99.9 Å². The van der Waals surface area contributed by atoms with Gasteiger partial charge in [-0.15, -0.1) is 10.2 Å². The Morgan fingerprint density at radius 1 is 1.65 bits per heavy atom. The molecule has 0 radical (unpaired) electrons. The standard InChI is InChI=1S/C8H11N5O2S2/c1-15-4-3-10-6(14)11-7-12-13-8(17-7)16-5-2-9/h3-5H2,1H3,(H2,10,11,12,14). The maximum absolute atomic E-state index is 11.3. The van der Waals surface area contributed by atoms with E-state index in [0.717, 1.165) is 0 Å². The van der Waals surface area contributed by atoms with Crippen molar-refractivity contribution in [3.05, 3.63) is 0 Å². The molecule has 17 heavy (non-hydrogen) atoms. The summed E-state index contributed by atoms with van der Waals surface area (Å²) in [5.41, 5.74) is 0. The summed E-state index contributed by atoms with van der Waals surface area (Å²) >= 11 is 2.51. The van der Waals surface area contributed by atoms with Gasteiger partial charge in [-0.2, -0.15) is 5.26 Å². The van der Waals surface area contributed by atoms with Gasteiger partial charge in [-0.25, -0.2) is 4.79 Å². The Balaban J connectivity index is 2.33. The van der Waals surface area contributed by atoms with Crippen LogP contribution >= 0.6 is 23.1 Å². The van der Waals surface area contributed by atoms with Crippen LogP contribution in [0, 0.1) is 11.3 Å². The highest BCUT2D eigenvalue weighted by Crippen LogP contribution is 2.24. The number of nitrogens with zero attached hydrogens (tertiary/aromatic N) is 3. The van der Waals surface area contributed by atoms with E-state index in [0.29, 0.717) is 28.4 Å². The number of methoxy groups -OCH3 is 1. The Bertz CT molecular complexity index is 403. The van der Waals surface area contributed by atoms with Crippen LogP contribution in [0.4, 0.5) is 9.93 Å². The summed E-state index contributed by atoms with van der Waals surface area (Å²) in [6.45, 7) is 0.879. The molecule has 0 spiro atoms. The number of thioether (sulfide) groups is 1. The summed E-state index contributed by atoms with van der Waals surface area (Å²) in [5.74, 6) is 0.314. The molecule has 2 amide bonds. The third kappa shape index (κ3) is 5.48. The minimum absolute atomic E-state index is 0.314. The highest BCUT2D eigenvalue weighted by molar-refractivity contribution is 8.01. The molecule has 0 aliphatic rings. The number of hydrogen-bond acceptors (Lipinski definition) is 7. The van der Waals surface area contributed by atoms with Gasteiger partial charge in [0, 0.05) is 13.7 Å². The summed E-state index contributed by atoms with van der Waals surface area (Å²) in [6, 6.07) is 1.64. The highest BCUT2D eigenvalue weighted by atomic mass is 32.2. The average molecular weight is 273 g/mol. The predicted molar refractivity (Wildman–Crippen MR) is 65.1 cm³/mol. The lowest BCUT2D eigenvalue weighted by Crippen LogP contribution is -2.31. The van der Waals surface area contributed by atoms with Crippen molar-refractivity contribution in [3.63, 3.8) is 0 Å². The third-order valence-electron chi connectivity index (χ3n) is 1.48. The molecule has 9 heteroatoms. The summed E-state index contributed by atoms with van der Waals surface area (Å²) in [4.78, 5) is 11.3. The third-order valence-corrected chi connectivity index (χ3v) is 3.32. The largest absolute Gasteiger partial charge is 0.383 e. The second kappa shape index (κ2) is 7.83. The smallest absolute Gasteiger partial charge is 0.321 e. The van der Waals surface area contributed by atoms with Crippen molar-refractivity contribution in [1.82, 2.24) is 15.5 Å². The van der Waals surface area contributed by atoms with Crippen LogP contribution in [-0.4, -0.2) is 42.2 Å². The number of aromatic nitrogens is 2. The van der Waals surface area contributed by atoms with Crippen LogP contribution in [0.1, 0.15) is 0 Å². The molecular weight excluding hydrogens is 262 g/mol. The van der Waals surface area contributed by atoms with Crippen molar-refractivity contribution in [2.75, 3.05) is 31.3 Å². The molecule has 7 nitrogen and oxygen atoms in total. The quantitative estimate of drug-likeness (QED) is 0.454. The SMILES string of the molecule is COCCNC(=O)Nc1nnc(SCC#N)s1. The van der Waals surface area contributed by atoms with E-state index in [4.69, 9.17) is 10.00 Å². The van der Waals surface area contributed by atoms with Crippen LogP contribution < -0.4 is 10.6 Å². The second-order valence-electron chi connectivity index (χ2n) is 2.69. The first kappa shape index (κ1) is 13.7. The van der Waals surface area contributed by atoms with Crippen molar-refractivity contribution >= 4 is 34.3 Å². The van der Waals surface area contributed by atoms with Crippen LogP contribution in [0.3, 0.4) is 0 Å². The first-order chi connectivity index (χ1) is 8.26. The molecule has 0 unspecified atom stereocenters. The summed E-state index contributed by atoms with van der Waals surface area (Å²) in [5, 5.41) is 21.5. The van der Waals surface area contributed by atoms with Gasteiger partial charge in [-0.1, -0.05) is 23.1 Å². The highest BCUT2D eigenvalue weighted by Gasteiger charge is 2.07. The van der Waals surface area contributed by atoms with Gasteiger partial charge in [0.2, 0.25) is 5.13 Å². The fourth-order valence-corrected chi connectivity index (χ4v) is 2.23. The van der Waals surface area contributed by atoms with E-state index in [-0.39, 0.29) is 6.03 Å². The average Bonchev–Trinajstić information content (AvgIpc) is 2.74. The normalized spacial score (nSPS) is 9.65. The van der Waals surface area contributed by atoms with E-state index in [1.807, 2.05) is 6.07 Å². The number of carbonyl (C=O) groups excluding carboxylic acids is 1. The predicted octanol–water partition coefficient (Wildman–Crippen LogP) is 0.922. The Morgan fingerprint density at radius 3 is 3.18 bits per heavy atom. The molecule has 1 aromatic heterocycles. The fraction of sp³-hybridized carbons (Fsp3) is 0.500. The Kier molecular flexibility index (Phi) is 6.31. The monoisotopic (exact) mass is 273 g/mol. The molecular formula is C8H11N5O2S2. The Morgan fingerprint density at radius 2 is 2.47 bits per heavy atom. The number of carbonyl (C=O) groups is 1. The molecule has 0 saturated heterocycles. The lowest BCUT2D eigenvalue weighted by molar-refractivity contribution is 0.198. The van der Waals surface area contributed by atoms with E-state index in [2.05, 4.69) is 20.8 Å². The van der Waals surface area contributed by atoms with Crippen LogP contribution in [0.15, 0.2) is 4.34 Å². The van der Waals surface area contributed by atoms with Crippen LogP contribution in [0.2, 0.25) is 0 Å². The molecule has 1 rings (SSSR count). The van der Waals surface area contributed by atoms with Gasteiger partial charge in [0.15, 0.2) is 4.34 Å². The number of ether oxygens (including phenoxy) is 1. The number of amides is 2. The lowest BCUT2D eigenvalue weighted by atomic mass is 10.7. The lowest BCUT2D eigenvalue weighted by Gasteiger charge is -2.03. The van der Waals surface area contributed by atoms with Gasteiger partial charge in [-0.05, 0) is 0 Å². The molecule has 0 fully saturated rings. The van der Waals surface area contributed by atoms with Crippen molar-refractivity contribution in [2.24, 2.45) is 0 Å². The van der Waals surface area contributed by atoms with Gasteiger partial charge in [0.05, 0.1) is 18.4 Å². The van der Waals surface area contributed by atoms with Crippen molar-refractivity contribution in [1.29, 1.82) is 5.26 Å². The van der Waals surface area contributed by atoms with Gasteiger partial charge >= 0.3 is 6.03 Å². The van der Waals surface area contributed by atoms with Gasteiger partial charge < -0.3 is 10.1 Å². The van der Waals surface area contributed by atoms with Crippen LogP contribution in [0.25, 0.3) is 0 Å². The minimum atomic E-state index is -0.352. The molecule has 0 aliphatic carbocycles. The summed E-state index contributed by atoms with van der Waals surface area (Å²) in [6.07, 6.45) is 0. The molecule has 1 aromatic rings. The first-order valence-corrected chi connectivity index (χ1v) is 6.43. The minimum Gasteiger partial charge on any atom is -0.383 e. The molecule has 2 N–H and O–H groups in total. The van der Waals surface area contributed by atoms with E-state index >= 15 is 0 Å². The van der Waals surface area contributed by atoms with E-state index in [9.17, 15) is 4.79 Å². The molecule has 92 valence electrons. The molecule has 0 bridgehead atoms. The molecule has 0 saturated carbocycles. The maximum Gasteiger partial charge on any atom is 0.321 e. The van der Waals surface area contributed by atoms with Gasteiger partial charge in [0.1, 0.15) is 0 Å². The van der Waals surface area contributed by atoms with Gasteiger partial charge in [0.25, 0.3) is 0 Å². The zero-order valence-electron chi connectivity index (χ0n) is 9.10. The Labute approximate surface area is 107 Å². The molecule has 1 heterocycles. The van der Waals surface area contributed by atoms with Gasteiger partial charge in [-0.3, -0.25) is 5.32 Å². The molecule has 0 aliphatic heterocycles. The van der Waals surface area contributed by atoms with Crippen molar-refractivity contribution in [2.45, 2.75) is 4.34 Å². The van der Waals surface area contributed by atoms with Crippen LogP contribution in [0.5, 0.6) is 0 Å². The van der Waals surface area contributed by atoms with Crippen molar-refractivity contribution < 1.29 is 9.53 Å². The fourth-order valence-electron chi connectivity index (χ4n) is 0.821. The van der Waals surface area contributed by atoms with Crippen molar-refractivity contribution in [3.8, 4) is 6.07 Å². The van der Waals surface area contributed by atoms with E-state index < -0.39 is 0 Å². The molecule has 0 atom stereocenters. The molecule has 0 aromatic carbocycles. The van der Waals surface area contributed by atoms with E-state index in [1.54, 1.807) is 7.11 Å². The number of anilines is 1. The summed E-state index contributed by atoms with van der Waals surface area (Å²) < 4.78 is 5.44. The number of rotatable bonds is 6. The number of nitriles is 1. The maximum atomic E-state index is 11.3. The zero-order valence-corrected chi connectivity index (χ0v) is 10.7. The zero-order chi connectivity index (χ0) is 12.5.